The Morgan fingerprint density at radius 1 is 1.48 bits per heavy atom. The fourth-order valence-electron chi connectivity index (χ4n) is 1.62. The van der Waals surface area contributed by atoms with Crippen LogP contribution >= 0.6 is 23.2 Å². The molecule has 112 valence electrons. The fourth-order valence-corrected chi connectivity index (χ4v) is 2.08. The number of benzene rings is 1. The number of ether oxygens (including phenoxy) is 1. The van der Waals surface area contributed by atoms with Crippen LogP contribution in [-0.4, -0.2) is 32.3 Å². The van der Waals surface area contributed by atoms with Crippen molar-refractivity contribution < 1.29 is 14.8 Å². The third-order valence-corrected chi connectivity index (χ3v) is 3.08. The molecule has 0 aliphatic heterocycles. The van der Waals surface area contributed by atoms with Gasteiger partial charge < -0.3 is 24.5 Å². The first-order chi connectivity index (χ1) is 9.95. The van der Waals surface area contributed by atoms with Gasteiger partial charge in [0.1, 0.15) is 24.7 Å². The number of aromatic nitrogens is 2. The predicted octanol–water partition coefficient (Wildman–Crippen LogP) is 2.54. The highest BCUT2D eigenvalue weighted by molar-refractivity contribution is 6.35. The molecule has 0 amide bonds. The molecule has 0 aliphatic carbocycles. The van der Waals surface area contributed by atoms with Crippen molar-refractivity contribution in [1.82, 2.24) is 9.55 Å². The zero-order chi connectivity index (χ0) is 15.4. The van der Waals surface area contributed by atoms with Gasteiger partial charge in [0, 0.05) is 5.02 Å². The van der Waals surface area contributed by atoms with E-state index >= 15 is 0 Å². The lowest BCUT2D eigenvalue weighted by Gasteiger charge is -2.13. The summed E-state index contributed by atoms with van der Waals surface area (Å²) in [5.41, 5.74) is 0. The van der Waals surface area contributed by atoms with Crippen LogP contribution in [0, 0.1) is 10.1 Å². The Morgan fingerprint density at radius 2 is 2.24 bits per heavy atom. The first-order valence-corrected chi connectivity index (χ1v) is 6.63. The average Bonchev–Trinajstić information content (AvgIpc) is 2.86. The molecular weight excluding hydrogens is 321 g/mol. The summed E-state index contributed by atoms with van der Waals surface area (Å²) < 4.78 is 6.78. The van der Waals surface area contributed by atoms with Crippen LogP contribution in [0.5, 0.6) is 5.75 Å². The van der Waals surface area contributed by atoms with Crippen LogP contribution in [0.4, 0.5) is 5.82 Å². The second-order valence-electron chi connectivity index (χ2n) is 4.23. The predicted molar refractivity (Wildman–Crippen MR) is 76.8 cm³/mol. The van der Waals surface area contributed by atoms with Crippen molar-refractivity contribution in [3.8, 4) is 5.75 Å². The highest BCUT2D eigenvalue weighted by Gasteiger charge is 2.13. The van der Waals surface area contributed by atoms with E-state index in [0.29, 0.717) is 15.8 Å². The lowest BCUT2D eigenvalue weighted by Crippen LogP contribution is -2.23. The quantitative estimate of drug-likeness (QED) is 0.648. The molecule has 1 heterocycles. The Morgan fingerprint density at radius 3 is 2.86 bits per heavy atom. The van der Waals surface area contributed by atoms with Crippen molar-refractivity contribution in [3.63, 3.8) is 0 Å². The van der Waals surface area contributed by atoms with Gasteiger partial charge in [0.2, 0.25) is 6.33 Å². The summed E-state index contributed by atoms with van der Waals surface area (Å²) in [7, 11) is 0. The zero-order valence-electron chi connectivity index (χ0n) is 10.6. The summed E-state index contributed by atoms with van der Waals surface area (Å²) in [5, 5.41) is 21.2. The molecule has 2 aromatic rings. The number of hydrogen-bond acceptors (Lipinski definition) is 5. The molecule has 1 aromatic heterocycles. The Kier molecular flexibility index (Phi) is 5.00. The SMILES string of the molecule is O=[N+]([O-])c1cn(C[C@H](O)COc2ccc(Cl)cc2Cl)cn1. The molecule has 1 N–H and O–H groups in total. The fraction of sp³-hybridized carbons (Fsp3) is 0.250. The molecule has 0 fully saturated rings. The molecule has 0 bridgehead atoms. The highest BCUT2D eigenvalue weighted by atomic mass is 35.5. The maximum absolute atomic E-state index is 10.5. The minimum Gasteiger partial charge on any atom is -0.489 e. The first-order valence-electron chi connectivity index (χ1n) is 5.88. The minimum atomic E-state index is -0.870. The number of hydrogen-bond donors (Lipinski definition) is 1. The summed E-state index contributed by atoms with van der Waals surface area (Å²) in [6, 6.07) is 4.75. The van der Waals surface area contributed by atoms with E-state index < -0.39 is 11.0 Å². The van der Waals surface area contributed by atoms with Gasteiger partial charge in [-0.05, 0) is 28.1 Å². The Bertz CT molecular complexity index is 647. The topological polar surface area (TPSA) is 90.4 Å². The third-order valence-electron chi connectivity index (χ3n) is 2.55. The van der Waals surface area contributed by atoms with Crippen molar-refractivity contribution >= 4 is 29.0 Å². The molecule has 0 spiro atoms. The van der Waals surface area contributed by atoms with Crippen molar-refractivity contribution in [3.05, 3.63) is 50.9 Å². The van der Waals surface area contributed by atoms with E-state index in [1.807, 2.05) is 0 Å². The summed E-state index contributed by atoms with van der Waals surface area (Å²) in [5.74, 6) is 0.126. The molecule has 9 heteroatoms. The summed E-state index contributed by atoms with van der Waals surface area (Å²) in [4.78, 5) is 13.5. The Balaban J connectivity index is 1.89. The number of aliphatic hydroxyl groups excluding tert-OH is 1. The summed E-state index contributed by atoms with van der Waals surface area (Å²) in [6.45, 7) is 0.0966. The molecule has 1 atom stereocenters. The number of rotatable bonds is 6. The van der Waals surface area contributed by atoms with E-state index in [9.17, 15) is 15.2 Å². The van der Waals surface area contributed by atoms with Crippen molar-refractivity contribution in [2.45, 2.75) is 12.6 Å². The largest absolute Gasteiger partial charge is 0.489 e. The monoisotopic (exact) mass is 331 g/mol. The number of halogens is 2. The Hall–Kier alpha value is -1.83. The second kappa shape index (κ2) is 6.75. The van der Waals surface area contributed by atoms with Gasteiger partial charge in [-0.1, -0.05) is 23.2 Å². The van der Waals surface area contributed by atoms with E-state index in [-0.39, 0.29) is 19.0 Å². The first kappa shape index (κ1) is 15.6. The second-order valence-corrected chi connectivity index (χ2v) is 5.07. The van der Waals surface area contributed by atoms with Crippen LogP contribution in [0.2, 0.25) is 10.0 Å². The van der Waals surface area contributed by atoms with E-state index in [0.717, 1.165) is 0 Å². The molecule has 0 saturated heterocycles. The van der Waals surface area contributed by atoms with Crippen LogP contribution in [0.15, 0.2) is 30.7 Å². The van der Waals surface area contributed by atoms with Gasteiger partial charge in [-0.25, -0.2) is 0 Å². The van der Waals surface area contributed by atoms with E-state index in [1.54, 1.807) is 12.1 Å². The number of nitrogens with zero attached hydrogens (tertiary/aromatic N) is 3. The van der Waals surface area contributed by atoms with Gasteiger partial charge in [-0.3, -0.25) is 0 Å². The van der Waals surface area contributed by atoms with E-state index in [2.05, 4.69) is 4.98 Å². The van der Waals surface area contributed by atoms with Crippen LogP contribution < -0.4 is 4.74 Å². The molecular formula is C12H11Cl2N3O4. The lowest BCUT2D eigenvalue weighted by atomic mass is 10.3. The van der Waals surface area contributed by atoms with Gasteiger partial charge >= 0.3 is 5.82 Å². The molecule has 0 saturated carbocycles. The minimum absolute atomic E-state index is 0.0205. The molecule has 2 rings (SSSR count). The Labute approximate surface area is 129 Å². The molecule has 0 aliphatic rings. The average molecular weight is 332 g/mol. The number of imidazole rings is 1. The van der Waals surface area contributed by atoms with Crippen molar-refractivity contribution in [1.29, 1.82) is 0 Å². The van der Waals surface area contributed by atoms with Crippen LogP contribution in [0.1, 0.15) is 0 Å². The van der Waals surface area contributed by atoms with Gasteiger partial charge in [0.15, 0.2) is 0 Å². The van der Waals surface area contributed by atoms with Crippen molar-refractivity contribution in [2.75, 3.05) is 6.61 Å². The van der Waals surface area contributed by atoms with Crippen LogP contribution in [-0.2, 0) is 6.54 Å². The van der Waals surface area contributed by atoms with E-state index in [1.165, 1.54) is 23.2 Å². The molecule has 21 heavy (non-hydrogen) atoms. The third kappa shape index (κ3) is 4.32. The molecule has 0 unspecified atom stereocenters. The van der Waals surface area contributed by atoms with Crippen LogP contribution in [0.25, 0.3) is 0 Å². The van der Waals surface area contributed by atoms with E-state index in [4.69, 9.17) is 27.9 Å². The maximum Gasteiger partial charge on any atom is 0.381 e. The van der Waals surface area contributed by atoms with Gasteiger partial charge in [0.25, 0.3) is 0 Å². The normalized spacial score (nSPS) is 12.1. The highest BCUT2D eigenvalue weighted by Crippen LogP contribution is 2.27. The maximum atomic E-state index is 10.5. The van der Waals surface area contributed by atoms with Gasteiger partial charge in [0.05, 0.1) is 11.6 Å². The van der Waals surface area contributed by atoms with Gasteiger partial charge in [-0.2, -0.15) is 0 Å². The number of nitro groups is 1. The van der Waals surface area contributed by atoms with Crippen LogP contribution in [0.3, 0.4) is 0 Å². The lowest BCUT2D eigenvalue weighted by molar-refractivity contribution is -0.389. The number of aliphatic hydroxyl groups is 1. The standard InChI is InChI=1S/C12H11Cl2N3O4/c13-8-1-2-11(10(14)3-8)21-6-9(18)4-16-5-12(15-7-16)17(19)20/h1-3,5,7,9,18H,4,6H2/t9-/m0/s1. The molecule has 7 nitrogen and oxygen atoms in total. The molecule has 0 radical (unpaired) electrons. The van der Waals surface area contributed by atoms with Gasteiger partial charge in [-0.15, -0.1) is 0 Å². The smallest absolute Gasteiger partial charge is 0.381 e. The van der Waals surface area contributed by atoms with Crippen molar-refractivity contribution in [2.24, 2.45) is 0 Å². The molecule has 1 aromatic carbocycles. The summed E-state index contributed by atoms with van der Waals surface area (Å²) >= 11 is 11.7. The summed E-state index contributed by atoms with van der Waals surface area (Å²) in [6.07, 6.45) is 1.64. The zero-order valence-corrected chi connectivity index (χ0v) is 12.2.